The fourth-order valence-electron chi connectivity index (χ4n) is 2.77. The summed E-state index contributed by atoms with van der Waals surface area (Å²) in [5.41, 5.74) is 1.55. The van der Waals surface area contributed by atoms with Crippen LogP contribution in [0.2, 0.25) is 0 Å². The van der Waals surface area contributed by atoms with Crippen molar-refractivity contribution in [3.63, 3.8) is 0 Å². The first kappa shape index (κ1) is 18.9. The second kappa shape index (κ2) is 9.18. The molecule has 5 heteroatoms. The summed E-state index contributed by atoms with van der Waals surface area (Å²) >= 11 is 0. The number of hydrogen-bond donors (Lipinski definition) is 1. The fraction of sp³-hybridized carbons (Fsp3) is 0.400. The predicted molar refractivity (Wildman–Crippen MR) is 98.9 cm³/mol. The van der Waals surface area contributed by atoms with E-state index < -0.39 is 0 Å². The van der Waals surface area contributed by atoms with E-state index >= 15 is 0 Å². The molecule has 1 N–H and O–H groups in total. The summed E-state index contributed by atoms with van der Waals surface area (Å²) in [6, 6.07) is 13.2. The molecule has 1 aromatic carbocycles. The van der Waals surface area contributed by atoms with Gasteiger partial charge < -0.3 is 14.6 Å². The number of nitrogens with one attached hydrogen (secondary N) is 1. The van der Waals surface area contributed by atoms with E-state index in [0.717, 1.165) is 0 Å². The van der Waals surface area contributed by atoms with Gasteiger partial charge >= 0.3 is 0 Å². The van der Waals surface area contributed by atoms with Crippen LogP contribution in [0.3, 0.4) is 0 Å². The van der Waals surface area contributed by atoms with Gasteiger partial charge in [-0.3, -0.25) is 9.59 Å². The molecule has 0 radical (unpaired) electrons. The predicted octanol–water partition coefficient (Wildman–Crippen LogP) is 2.66. The van der Waals surface area contributed by atoms with Crippen molar-refractivity contribution in [1.29, 1.82) is 0 Å². The van der Waals surface area contributed by atoms with Crippen molar-refractivity contribution in [1.82, 2.24) is 9.88 Å². The van der Waals surface area contributed by atoms with Gasteiger partial charge in [0.1, 0.15) is 0 Å². The number of aromatic nitrogens is 1. The van der Waals surface area contributed by atoms with Crippen LogP contribution in [0.15, 0.2) is 53.5 Å². The number of nitrogens with zero attached hydrogens (tertiary/aromatic N) is 1. The molecule has 0 spiro atoms. The molecule has 0 bridgehead atoms. The first-order valence-electron chi connectivity index (χ1n) is 8.55. The van der Waals surface area contributed by atoms with Crippen molar-refractivity contribution in [2.24, 2.45) is 5.92 Å². The number of carbonyl (C=O) groups is 1. The highest BCUT2D eigenvalue weighted by Gasteiger charge is 2.17. The van der Waals surface area contributed by atoms with Crippen molar-refractivity contribution in [3.8, 4) is 0 Å². The Kier molecular flexibility index (Phi) is 6.95. The van der Waals surface area contributed by atoms with Crippen LogP contribution >= 0.6 is 0 Å². The molecule has 0 aliphatic carbocycles. The maximum absolute atomic E-state index is 12.5. The Labute approximate surface area is 148 Å². The van der Waals surface area contributed by atoms with Crippen LogP contribution in [0.25, 0.3) is 0 Å². The Morgan fingerprint density at radius 2 is 1.88 bits per heavy atom. The second-order valence-electron chi connectivity index (χ2n) is 6.41. The molecule has 0 aliphatic heterocycles. The summed E-state index contributed by atoms with van der Waals surface area (Å²) in [7, 11) is 1.58. The van der Waals surface area contributed by atoms with Crippen molar-refractivity contribution in [2.45, 2.75) is 26.3 Å². The molecule has 0 fully saturated rings. The highest BCUT2D eigenvalue weighted by atomic mass is 16.5. The van der Waals surface area contributed by atoms with Crippen LogP contribution in [0.5, 0.6) is 0 Å². The molecule has 0 aliphatic rings. The number of amides is 1. The standard InChI is InChI=1S/C20H26N2O3/c1-15(2)18(16-7-5-4-6-8-16)13-21-20(24)17-9-10-19(23)22(14-17)11-12-25-3/h4-10,14-15,18H,11-13H2,1-3H3,(H,21,24). The van der Waals surface area contributed by atoms with Gasteiger partial charge in [-0.05, 0) is 17.5 Å². The molecule has 1 heterocycles. The second-order valence-corrected chi connectivity index (χ2v) is 6.41. The van der Waals surface area contributed by atoms with Crippen LogP contribution in [0.1, 0.15) is 35.7 Å². The number of carbonyl (C=O) groups excluding carboxylic acids is 1. The van der Waals surface area contributed by atoms with Gasteiger partial charge in [0.05, 0.1) is 12.2 Å². The number of rotatable bonds is 8. The minimum absolute atomic E-state index is 0.141. The Balaban J connectivity index is 2.07. The maximum atomic E-state index is 12.5. The zero-order valence-corrected chi connectivity index (χ0v) is 15.1. The lowest BCUT2D eigenvalue weighted by Crippen LogP contribution is -2.31. The van der Waals surface area contributed by atoms with Gasteiger partial charge in [0.25, 0.3) is 11.5 Å². The molecule has 2 rings (SSSR count). The molecule has 25 heavy (non-hydrogen) atoms. The lowest BCUT2D eigenvalue weighted by molar-refractivity contribution is 0.0948. The maximum Gasteiger partial charge on any atom is 0.252 e. The first-order valence-corrected chi connectivity index (χ1v) is 8.55. The van der Waals surface area contributed by atoms with Gasteiger partial charge in [-0.2, -0.15) is 0 Å². The number of ether oxygens (including phenoxy) is 1. The molecule has 1 atom stereocenters. The van der Waals surface area contributed by atoms with Gasteiger partial charge in [0, 0.05) is 38.4 Å². The van der Waals surface area contributed by atoms with Crippen LogP contribution in [0.4, 0.5) is 0 Å². The van der Waals surface area contributed by atoms with E-state index in [-0.39, 0.29) is 17.4 Å². The Hall–Kier alpha value is -2.40. The summed E-state index contributed by atoms with van der Waals surface area (Å²) in [6.07, 6.45) is 1.59. The SMILES string of the molecule is COCCn1cc(C(=O)NCC(c2ccccc2)C(C)C)ccc1=O. The van der Waals surface area contributed by atoms with E-state index in [1.165, 1.54) is 16.2 Å². The Bertz CT molecular complexity index is 738. The molecular weight excluding hydrogens is 316 g/mol. The van der Waals surface area contributed by atoms with Crippen LogP contribution < -0.4 is 10.9 Å². The van der Waals surface area contributed by atoms with Gasteiger partial charge in [-0.25, -0.2) is 0 Å². The van der Waals surface area contributed by atoms with Gasteiger partial charge in [-0.15, -0.1) is 0 Å². The normalized spacial score (nSPS) is 12.2. The summed E-state index contributed by atoms with van der Waals surface area (Å²) < 4.78 is 6.49. The zero-order chi connectivity index (χ0) is 18.2. The lowest BCUT2D eigenvalue weighted by atomic mass is 9.88. The van der Waals surface area contributed by atoms with Crippen LogP contribution in [0, 0.1) is 5.92 Å². The van der Waals surface area contributed by atoms with Crippen molar-refractivity contribution in [3.05, 3.63) is 70.1 Å². The van der Waals surface area contributed by atoms with E-state index in [4.69, 9.17) is 4.74 Å². The summed E-state index contributed by atoms with van der Waals surface area (Å²) in [6.45, 7) is 5.70. The van der Waals surface area contributed by atoms with Gasteiger partial charge in [0.15, 0.2) is 0 Å². The minimum Gasteiger partial charge on any atom is -0.383 e. The topological polar surface area (TPSA) is 60.3 Å². The summed E-state index contributed by atoms with van der Waals surface area (Å²) in [5, 5.41) is 3.00. The van der Waals surface area contributed by atoms with E-state index in [0.29, 0.717) is 31.2 Å². The van der Waals surface area contributed by atoms with Crippen LogP contribution in [-0.4, -0.2) is 30.7 Å². The minimum atomic E-state index is -0.173. The molecule has 1 aromatic heterocycles. The van der Waals surface area contributed by atoms with E-state index in [2.05, 4.69) is 31.3 Å². The molecule has 1 amide bonds. The van der Waals surface area contributed by atoms with E-state index in [9.17, 15) is 9.59 Å². The molecule has 0 saturated carbocycles. The highest BCUT2D eigenvalue weighted by molar-refractivity contribution is 5.93. The molecule has 0 saturated heterocycles. The lowest BCUT2D eigenvalue weighted by Gasteiger charge is -2.22. The highest BCUT2D eigenvalue weighted by Crippen LogP contribution is 2.23. The third-order valence-corrected chi connectivity index (χ3v) is 4.30. The monoisotopic (exact) mass is 342 g/mol. The number of benzene rings is 1. The van der Waals surface area contributed by atoms with Gasteiger partial charge in [-0.1, -0.05) is 44.2 Å². The third kappa shape index (κ3) is 5.29. The first-order chi connectivity index (χ1) is 12.0. The molecular formula is C20H26N2O3. The van der Waals surface area contributed by atoms with Gasteiger partial charge in [0.2, 0.25) is 0 Å². The van der Waals surface area contributed by atoms with Crippen molar-refractivity contribution < 1.29 is 9.53 Å². The smallest absolute Gasteiger partial charge is 0.252 e. The van der Waals surface area contributed by atoms with Crippen molar-refractivity contribution >= 4 is 5.91 Å². The summed E-state index contributed by atoms with van der Waals surface area (Å²) in [5.74, 6) is 0.468. The van der Waals surface area contributed by atoms with Crippen LogP contribution in [-0.2, 0) is 11.3 Å². The summed E-state index contributed by atoms with van der Waals surface area (Å²) in [4.78, 5) is 24.3. The Morgan fingerprint density at radius 1 is 1.16 bits per heavy atom. The number of methoxy groups -OCH3 is 1. The Morgan fingerprint density at radius 3 is 2.52 bits per heavy atom. The van der Waals surface area contributed by atoms with Crippen molar-refractivity contribution in [2.75, 3.05) is 20.3 Å². The zero-order valence-electron chi connectivity index (χ0n) is 15.1. The molecule has 1 unspecified atom stereocenters. The molecule has 134 valence electrons. The van der Waals surface area contributed by atoms with E-state index in [1.54, 1.807) is 19.4 Å². The fourth-order valence-corrected chi connectivity index (χ4v) is 2.77. The average Bonchev–Trinajstić information content (AvgIpc) is 2.61. The largest absolute Gasteiger partial charge is 0.383 e. The number of pyridine rings is 1. The third-order valence-electron chi connectivity index (χ3n) is 4.30. The molecule has 2 aromatic rings. The quantitative estimate of drug-likeness (QED) is 0.802. The average molecular weight is 342 g/mol. The molecule has 5 nitrogen and oxygen atoms in total. The van der Waals surface area contributed by atoms with E-state index in [1.807, 2.05) is 18.2 Å². The number of hydrogen-bond acceptors (Lipinski definition) is 3.